The highest BCUT2D eigenvalue weighted by atomic mass is 35.5. The molecule has 3 aromatic carbocycles. The smallest absolute Gasteiger partial charge is 0.416 e. The molecule has 6 rings (SSSR count). The Bertz CT molecular complexity index is 1260. The molecule has 1 unspecified atom stereocenters. The second-order valence-corrected chi connectivity index (χ2v) is 10.4. The average Bonchev–Trinajstić information content (AvgIpc) is 2.93. The normalized spacial score (nSPS) is 24.2. The maximum absolute atomic E-state index is 13.5. The van der Waals surface area contributed by atoms with E-state index >= 15 is 0 Å². The van der Waals surface area contributed by atoms with E-state index < -0.39 is 54.0 Å². The molecule has 3 aliphatic heterocycles. The maximum Gasteiger partial charge on any atom is 0.416 e. The number of nitrogens with zero attached hydrogens (tertiary/aromatic N) is 1. The molecule has 11 heteroatoms. The van der Waals surface area contributed by atoms with E-state index in [-0.39, 0.29) is 42.5 Å². The number of carboxylic acids is 1. The van der Waals surface area contributed by atoms with Crippen LogP contribution in [-0.2, 0) is 28.5 Å². The lowest BCUT2D eigenvalue weighted by atomic mass is 9.68. The zero-order valence-electron chi connectivity index (χ0n) is 21.6. The van der Waals surface area contributed by atoms with Crippen molar-refractivity contribution in [3.63, 3.8) is 0 Å². The summed E-state index contributed by atoms with van der Waals surface area (Å²) in [4.78, 5) is 14.2. The number of ether oxygens (including phenoxy) is 1. The Balaban J connectivity index is 0.00000387. The first-order chi connectivity index (χ1) is 18.9. The molecule has 3 saturated heterocycles. The van der Waals surface area contributed by atoms with Crippen molar-refractivity contribution >= 4 is 18.4 Å². The topological polar surface area (TPSA) is 49.8 Å². The standard InChI is InChI=1S/C30H27F6NO3.ClH/c31-29(32,33)21-13-18(14-22(15-21)30(34,35)36)17-40-27-23-11-12-37(16-24(23)28(38)39)26(27)25(19-7-3-1-4-8-19)20-9-5-2-6-10-20;/h1-10,13-15,23-27H,11-12,16-17H2,(H,38,39);1H/t23-,24-,26+,27-;/m0./s1. The molecule has 0 amide bonds. The number of benzene rings is 3. The van der Waals surface area contributed by atoms with Crippen molar-refractivity contribution in [3.8, 4) is 0 Å². The zero-order valence-corrected chi connectivity index (χ0v) is 22.4. The van der Waals surface area contributed by atoms with E-state index in [1.54, 1.807) is 0 Å². The van der Waals surface area contributed by atoms with Gasteiger partial charge in [0.05, 0.1) is 29.8 Å². The minimum Gasteiger partial charge on any atom is -0.481 e. The fourth-order valence-electron chi connectivity index (χ4n) is 6.21. The molecular weight excluding hydrogens is 572 g/mol. The van der Waals surface area contributed by atoms with Gasteiger partial charge in [-0.15, -0.1) is 12.4 Å². The Morgan fingerprint density at radius 3 is 1.85 bits per heavy atom. The second kappa shape index (κ2) is 12.0. The second-order valence-electron chi connectivity index (χ2n) is 10.4. The number of hydrogen-bond donors (Lipinski definition) is 1. The van der Waals surface area contributed by atoms with Crippen LogP contribution in [0.1, 0.15) is 40.2 Å². The Morgan fingerprint density at radius 2 is 1.39 bits per heavy atom. The van der Waals surface area contributed by atoms with Gasteiger partial charge in [0.15, 0.2) is 0 Å². The summed E-state index contributed by atoms with van der Waals surface area (Å²) < 4.78 is 87.0. The number of carboxylic acid groups (broad SMARTS) is 1. The van der Waals surface area contributed by atoms with Crippen LogP contribution in [0.3, 0.4) is 0 Å². The van der Waals surface area contributed by atoms with Crippen LogP contribution >= 0.6 is 12.4 Å². The molecule has 3 fully saturated rings. The van der Waals surface area contributed by atoms with E-state index in [4.69, 9.17) is 4.74 Å². The van der Waals surface area contributed by atoms with Gasteiger partial charge < -0.3 is 9.84 Å². The van der Waals surface area contributed by atoms with Crippen LogP contribution in [0.15, 0.2) is 78.9 Å². The van der Waals surface area contributed by atoms with Gasteiger partial charge in [0.2, 0.25) is 0 Å². The third kappa shape index (κ3) is 6.55. The minimum absolute atomic E-state index is 0. The van der Waals surface area contributed by atoms with Crippen LogP contribution in [0, 0.1) is 11.8 Å². The van der Waals surface area contributed by atoms with E-state index in [1.165, 1.54) is 0 Å². The number of fused-ring (bicyclic) bond motifs is 3. The Labute approximate surface area is 239 Å². The van der Waals surface area contributed by atoms with E-state index in [0.717, 1.165) is 11.1 Å². The molecule has 3 aromatic rings. The number of piperidine rings is 3. The summed E-state index contributed by atoms with van der Waals surface area (Å²) in [6.07, 6.45) is -10.2. The number of aliphatic carboxylic acids is 1. The Kier molecular flexibility index (Phi) is 9.06. The first-order valence-electron chi connectivity index (χ1n) is 12.9. The highest BCUT2D eigenvalue weighted by molar-refractivity contribution is 5.85. The van der Waals surface area contributed by atoms with Crippen LogP contribution < -0.4 is 0 Å². The molecular formula is C30H28ClF6NO3. The van der Waals surface area contributed by atoms with Crippen molar-refractivity contribution in [1.29, 1.82) is 0 Å². The minimum atomic E-state index is -4.98. The molecule has 3 aliphatic rings. The van der Waals surface area contributed by atoms with Gasteiger partial charge in [-0.2, -0.15) is 26.3 Å². The van der Waals surface area contributed by atoms with Crippen LogP contribution in [0.25, 0.3) is 0 Å². The quantitative estimate of drug-likeness (QED) is 0.290. The zero-order chi connectivity index (χ0) is 28.7. The molecule has 5 atom stereocenters. The molecule has 220 valence electrons. The highest BCUT2D eigenvalue weighted by Crippen LogP contribution is 2.46. The van der Waals surface area contributed by atoms with E-state index in [1.807, 2.05) is 65.6 Å². The predicted octanol–water partition coefficient (Wildman–Crippen LogP) is 7.27. The largest absolute Gasteiger partial charge is 0.481 e. The summed E-state index contributed by atoms with van der Waals surface area (Å²) in [7, 11) is 0. The van der Waals surface area contributed by atoms with Gasteiger partial charge in [-0.25, -0.2) is 0 Å². The molecule has 0 aromatic heterocycles. The molecule has 2 bridgehead atoms. The van der Waals surface area contributed by atoms with Gasteiger partial charge in [0.25, 0.3) is 0 Å². The molecule has 4 nitrogen and oxygen atoms in total. The average molecular weight is 600 g/mol. The highest BCUT2D eigenvalue weighted by Gasteiger charge is 2.53. The summed E-state index contributed by atoms with van der Waals surface area (Å²) in [5, 5.41) is 9.94. The third-order valence-corrected chi connectivity index (χ3v) is 7.94. The number of alkyl halides is 6. The van der Waals surface area contributed by atoms with Gasteiger partial charge in [-0.1, -0.05) is 60.7 Å². The Hall–Kier alpha value is -3.08. The summed E-state index contributed by atoms with van der Waals surface area (Å²) in [6.45, 7) is 0.362. The van der Waals surface area contributed by atoms with Gasteiger partial charge >= 0.3 is 18.3 Å². The van der Waals surface area contributed by atoms with E-state index in [9.17, 15) is 36.2 Å². The molecule has 0 spiro atoms. The van der Waals surface area contributed by atoms with Crippen molar-refractivity contribution in [2.75, 3.05) is 13.1 Å². The molecule has 0 radical (unpaired) electrons. The number of rotatable bonds is 7. The van der Waals surface area contributed by atoms with Crippen LogP contribution in [0.4, 0.5) is 26.3 Å². The predicted molar refractivity (Wildman–Crippen MR) is 142 cm³/mol. The third-order valence-electron chi connectivity index (χ3n) is 7.94. The molecule has 0 aliphatic carbocycles. The summed E-state index contributed by atoms with van der Waals surface area (Å²) in [5.74, 6) is -2.50. The van der Waals surface area contributed by atoms with Crippen LogP contribution in [0.5, 0.6) is 0 Å². The monoisotopic (exact) mass is 599 g/mol. The van der Waals surface area contributed by atoms with Crippen LogP contribution in [0.2, 0.25) is 0 Å². The van der Waals surface area contributed by atoms with Crippen molar-refractivity contribution in [2.24, 2.45) is 11.8 Å². The number of halogens is 7. The molecule has 3 heterocycles. The summed E-state index contributed by atoms with van der Waals surface area (Å²) in [5.41, 5.74) is -1.21. The summed E-state index contributed by atoms with van der Waals surface area (Å²) >= 11 is 0. The molecule has 1 N–H and O–H groups in total. The van der Waals surface area contributed by atoms with Crippen LogP contribution in [-0.4, -0.2) is 41.2 Å². The Morgan fingerprint density at radius 1 is 0.878 bits per heavy atom. The van der Waals surface area contributed by atoms with Gasteiger partial charge in [0.1, 0.15) is 0 Å². The lowest BCUT2D eigenvalue weighted by Crippen LogP contribution is -2.65. The SMILES string of the molecule is Cl.O=C(O)[C@H]1CN2CC[C@@H]1[C@H](OCc1cc(C(F)(F)F)cc(C(F)(F)F)c1)[C@H]2C(c1ccccc1)c1ccccc1. The van der Waals surface area contributed by atoms with Crippen molar-refractivity contribution in [1.82, 2.24) is 4.90 Å². The van der Waals surface area contributed by atoms with Crippen molar-refractivity contribution in [2.45, 2.75) is 43.4 Å². The lowest BCUT2D eigenvalue weighted by molar-refractivity contribution is -0.172. The van der Waals surface area contributed by atoms with Gasteiger partial charge in [0, 0.05) is 24.4 Å². The first-order valence-corrected chi connectivity index (χ1v) is 12.9. The fraction of sp³-hybridized carbons (Fsp3) is 0.367. The maximum atomic E-state index is 13.5. The molecule has 41 heavy (non-hydrogen) atoms. The fourth-order valence-corrected chi connectivity index (χ4v) is 6.21. The lowest BCUT2D eigenvalue weighted by Gasteiger charge is -2.55. The van der Waals surface area contributed by atoms with Crippen molar-refractivity contribution < 1.29 is 41.0 Å². The number of hydrogen-bond acceptors (Lipinski definition) is 3. The van der Waals surface area contributed by atoms with E-state index in [2.05, 4.69) is 0 Å². The van der Waals surface area contributed by atoms with Gasteiger partial charge in [-0.3, -0.25) is 9.69 Å². The molecule has 0 saturated carbocycles. The number of carbonyl (C=O) groups is 1. The van der Waals surface area contributed by atoms with E-state index in [0.29, 0.717) is 25.1 Å². The van der Waals surface area contributed by atoms with Gasteiger partial charge in [-0.05, 0) is 47.9 Å². The van der Waals surface area contributed by atoms with Crippen molar-refractivity contribution in [3.05, 3.63) is 107 Å². The summed E-state index contributed by atoms with van der Waals surface area (Å²) in [6, 6.07) is 20.1. The first kappa shape index (κ1) is 30.9.